The minimum Gasteiger partial charge on any atom is -0.462 e. The smallest absolute Gasteiger partial charge is 0.317 e. The molecule has 0 amide bonds. The highest BCUT2D eigenvalue weighted by Crippen LogP contribution is 2.22. The van der Waals surface area contributed by atoms with Gasteiger partial charge in [0.25, 0.3) is 0 Å². The van der Waals surface area contributed by atoms with Crippen LogP contribution in [0.2, 0.25) is 0 Å². The molecule has 0 aromatic carbocycles. The SMILES string of the molecule is CCCC(C)OC(=O)CSSCC(=O)OC(C)CCC. The second-order valence-electron chi connectivity index (χ2n) is 4.70. The molecule has 0 saturated carbocycles. The Balaban J connectivity index is 3.60. The van der Waals surface area contributed by atoms with Crippen LogP contribution in [0, 0.1) is 0 Å². The van der Waals surface area contributed by atoms with E-state index in [1.54, 1.807) is 0 Å². The van der Waals surface area contributed by atoms with E-state index in [-0.39, 0.29) is 35.7 Å². The summed E-state index contributed by atoms with van der Waals surface area (Å²) in [6.45, 7) is 7.90. The quantitative estimate of drug-likeness (QED) is 0.327. The number of hydrogen-bond donors (Lipinski definition) is 0. The average Bonchev–Trinajstić information content (AvgIpc) is 2.35. The van der Waals surface area contributed by atoms with Crippen molar-refractivity contribution in [1.82, 2.24) is 0 Å². The highest BCUT2D eigenvalue weighted by molar-refractivity contribution is 8.77. The van der Waals surface area contributed by atoms with E-state index in [2.05, 4.69) is 13.8 Å². The highest BCUT2D eigenvalue weighted by Gasteiger charge is 2.11. The predicted molar refractivity (Wildman–Crippen MR) is 85.8 cm³/mol. The van der Waals surface area contributed by atoms with E-state index >= 15 is 0 Å². The van der Waals surface area contributed by atoms with Crippen LogP contribution in [-0.4, -0.2) is 35.7 Å². The lowest BCUT2D eigenvalue weighted by Gasteiger charge is -2.12. The minimum atomic E-state index is -0.226. The van der Waals surface area contributed by atoms with E-state index in [0.29, 0.717) is 0 Å². The maximum Gasteiger partial charge on any atom is 0.317 e. The molecule has 0 radical (unpaired) electrons. The van der Waals surface area contributed by atoms with E-state index < -0.39 is 0 Å². The number of hydrogen-bond acceptors (Lipinski definition) is 6. The number of esters is 2. The summed E-state index contributed by atoms with van der Waals surface area (Å²) in [7, 11) is 2.66. The molecule has 0 bridgehead atoms. The zero-order valence-corrected chi connectivity index (χ0v) is 14.5. The van der Waals surface area contributed by atoms with Crippen molar-refractivity contribution in [2.45, 2.75) is 65.6 Å². The Hall–Kier alpha value is -0.360. The van der Waals surface area contributed by atoms with E-state index in [9.17, 15) is 9.59 Å². The standard InChI is InChI=1S/C14H26O4S2/c1-5-7-11(3)17-13(15)9-19-20-10-14(16)18-12(4)8-6-2/h11-12H,5-10H2,1-4H3. The molecule has 0 saturated heterocycles. The van der Waals surface area contributed by atoms with Crippen molar-refractivity contribution < 1.29 is 19.1 Å². The van der Waals surface area contributed by atoms with Crippen LogP contribution in [0.1, 0.15) is 53.4 Å². The third kappa shape index (κ3) is 11.5. The first-order valence-corrected chi connectivity index (χ1v) is 9.61. The van der Waals surface area contributed by atoms with Crippen LogP contribution < -0.4 is 0 Å². The van der Waals surface area contributed by atoms with Crippen molar-refractivity contribution >= 4 is 33.5 Å². The maximum absolute atomic E-state index is 11.5. The second kappa shape index (κ2) is 12.4. The van der Waals surface area contributed by atoms with Gasteiger partial charge >= 0.3 is 11.9 Å². The van der Waals surface area contributed by atoms with Crippen molar-refractivity contribution in [3.63, 3.8) is 0 Å². The summed E-state index contributed by atoms with van der Waals surface area (Å²) < 4.78 is 10.4. The Bertz CT molecular complexity index is 256. The van der Waals surface area contributed by atoms with Gasteiger partial charge in [-0.15, -0.1) is 0 Å². The van der Waals surface area contributed by atoms with Crippen LogP contribution in [0.15, 0.2) is 0 Å². The molecule has 2 atom stereocenters. The van der Waals surface area contributed by atoms with Gasteiger partial charge in [0.05, 0.1) is 12.2 Å². The van der Waals surface area contributed by atoms with Crippen molar-refractivity contribution in [3.8, 4) is 0 Å². The molecule has 4 nitrogen and oxygen atoms in total. The van der Waals surface area contributed by atoms with Gasteiger partial charge in [0.15, 0.2) is 0 Å². The lowest BCUT2D eigenvalue weighted by atomic mass is 10.2. The molecule has 0 fully saturated rings. The highest BCUT2D eigenvalue weighted by atomic mass is 33.1. The fourth-order valence-electron chi connectivity index (χ4n) is 1.63. The van der Waals surface area contributed by atoms with Gasteiger partial charge in [0, 0.05) is 0 Å². The summed E-state index contributed by atoms with van der Waals surface area (Å²) in [5.41, 5.74) is 0. The summed E-state index contributed by atoms with van der Waals surface area (Å²) in [4.78, 5) is 22.9. The van der Waals surface area contributed by atoms with Crippen molar-refractivity contribution in [3.05, 3.63) is 0 Å². The second-order valence-corrected chi connectivity index (χ2v) is 7.17. The van der Waals surface area contributed by atoms with Gasteiger partial charge in [-0.2, -0.15) is 0 Å². The molecule has 0 rings (SSSR count). The summed E-state index contributed by atoms with van der Waals surface area (Å²) in [6, 6.07) is 0. The van der Waals surface area contributed by atoms with Gasteiger partial charge in [-0.05, 0) is 26.7 Å². The Labute approximate surface area is 130 Å². The molecule has 118 valence electrons. The third-order valence-electron chi connectivity index (χ3n) is 2.49. The first kappa shape index (κ1) is 19.6. The Morgan fingerprint density at radius 2 is 1.20 bits per heavy atom. The van der Waals surface area contributed by atoms with Crippen LogP contribution in [0.25, 0.3) is 0 Å². The first-order chi connectivity index (χ1) is 9.49. The summed E-state index contributed by atoms with van der Waals surface area (Å²) >= 11 is 0. The van der Waals surface area contributed by atoms with Crippen molar-refractivity contribution in [2.24, 2.45) is 0 Å². The van der Waals surface area contributed by atoms with Gasteiger partial charge in [0.2, 0.25) is 0 Å². The van der Waals surface area contributed by atoms with Crippen LogP contribution in [0.5, 0.6) is 0 Å². The maximum atomic E-state index is 11.5. The predicted octanol–water partition coefficient (Wildman–Crippen LogP) is 3.83. The molecule has 0 heterocycles. The largest absolute Gasteiger partial charge is 0.462 e. The Morgan fingerprint density at radius 1 is 0.850 bits per heavy atom. The molecule has 0 spiro atoms. The van der Waals surface area contributed by atoms with Gasteiger partial charge in [0.1, 0.15) is 11.5 Å². The zero-order chi connectivity index (χ0) is 15.4. The number of ether oxygens (including phenoxy) is 2. The van der Waals surface area contributed by atoms with Gasteiger partial charge in [-0.25, -0.2) is 0 Å². The molecule has 2 unspecified atom stereocenters. The van der Waals surface area contributed by atoms with Crippen LogP contribution in [-0.2, 0) is 19.1 Å². The average molecular weight is 322 g/mol. The van der Waals surface area contributed by atoms with E-state index in [1.165, 1.54) is 21.6 Å². The molecular weight excluding hydrogens is 296 g/mol. The van der Waals surface area contributed by atoms with Gasteiger partial charge in [-0.3, -0.25) is 9.59 Å². The van der Waals surface area contributed by atoms with Gasteiger partial charge in [-0.1, -0.05) is 48.3 Å². The molecule has 6 heteroatoms. The van der Waals surface area contributed by atoms with Crippen molar-refractivity contribution in [2.75, 3.05) is 11.5 Å². The van der Waals surface area contributed by atoms with Crippen LogP contribution in [0.4, 0.5) is 0 Å². The van der Waals surface area contributed by atoms with E-state index in [1.807, 2.05) is 13.8 Å². The Kier molecular flexibility index (Phi) is 12.2. The molecule has 0 aliphatic carbocycles. The summed E-state index contributed by atoms with van der Waals surface area (Å²) in [6.07, 6.45) is 3.70. The summed E-state index contributed by atoms with van der Waals surface area (Å²) in [5, 5.41) is 0. The molecule has 0 aromatic heterocycles. The molecule has 20 heavy (non-hydrogen) atoms. The molecule has 0 N–H and O–H groups in total. The minimum absolute atomic E-state index is 0.0297. The molecular formula is C14H26O4S2. The van der Waals surface area contributed by atoms with Crippen LogP contribution in [0.3, 0.4) is 0 Å². The van der Waals surface area contributed by atoms with E-state index in [0.717, 1.165) is 25.7 Å². The van der Waals surface area contributed by atoms with Crippen molar-refractivity contribution in [1.29, 1.82) is 0 Å². The lowest BCUT2D eigenvalue weighted by Crippen LogP contribution is -2.17. The zero-order valence-electron chi connectivity index (χ0n) is 12.8. The number of rotatable bonds is 11. The fraction of sp³-hybridized carbons (Fsp3) is 0.857. The number of carbonyl (C=O) groups excluding carboxylic acids is 2. The van der Waals surface area contributed by atoms with Crippen LogP contribution >= 0.6 is 21.6 Å². The fourth-order valence-corrected chi connectivity index (χ4v) is 3.20. The molecule has 0 aliphatic heterocycles. The molecule has 0 aromatic rings. The molecule has 0 aliphatic rings. The summed E-state index contributed by atoms with van der Waals surface area (Å²) in [5.74, 6) is 0.0693. The topological polar surface area (TPSA) is 52.6 Å². The van der Waals surface area contributed by atoms with E-state index in [4.69, 9.17) is 9.47 Å². The normalized spacial score (nSPS) is 13.6. The number of carbonyl (C=O) groups is 2. The monoisotopic (exact) mass is 322 g/mol. The van der Waals surface area contributed by atoms with Gasteiger partial charge < -0.3 is 9.47 Å². The third-order valence-corrected chi connectivity index (χ3v) is 4.57. The first-order valence-electron chi connectivity index (χ1n) is 7.12. The Morgan fingerprint density at radius 3 is 1.50 bits per heavy atom. The lowest BCUT2D eigenvalue weighted by molar-refractivity contribution is -0.146.